The van der Waals surface area contributed by atoms with Gasteiger partial charge in [0.15, 0.2) is 0 Å². The van der Waals surface area contributed by atoms with Crippen LogP contribution >= 0.6 is 0 Å². The van der Waals surface area contributed by atoms with Gasteiger partial charge in [-0.25, -0.2) is 10.4 Å². The second kappa shape index (κ2) is 6.30. The number of hydrogen-bond acceptors (Lipinski definition) is 5. The van der Waals surface area contributed by atoms with E-state index in [1.54, 1.807) is 0 Å². The first-order valence-electron chi connectivity index (χ1n) is 8.98. The SMILES string of the molecule is CCc1cc(C2NNC(C)C2c2nc3ccccc3n2C)c(O)cc1O. The number of para-hydroxylation sites is 2. The highest BCUT2D eigenvalue weighted by molar-refractivity contribution is 5.76. The van der Waals surface area contributed by atoms with Crippen LogP contribution < -0.4 is 10.9 Å². The molecule has 3 atom stereocenters. The largest absolute Gasteiger partial charge is 0.508 e. The van der Waals surface area contributed by atoms with Gasteiger partial charge in [0, 0.05) is 24.7 Å². The molecule has 2 aromatic carbocycles. The summed E-state index contributed by atoms with van der Waals surface area (Å²) in [6.45, 7) is 4.09. The van der Waals surface area contributed by atoms with E-state index in [9.17, 15) is 10.2 Å². The van der Waals surface area contributed by atoms with Crippen LogP contribution in [-0.2, 0) is 13.5 Å². The number of hydrazine groups is 1. The lowest BCUT2D eigenvalue weighted by Crippen LogP contribution is -2.29. The number of hydrogen-bond donors (Lipinski definition) is 4. The summed E-state index contributed by atoms with van der Waals surface area (Å²) in [7, 11) is 2.03. The van der Waals surface area contributed by atoms with Crippen LogP contribution in [0.5, 0.6) is 11.5 Å². The predicted molar refractivity (Wildman–Crippen MR) is 101 cm³/mol. The van der Waals surface area contributed by atoms with Gasteiger partial charge < -0.3 is 14.8 Å². The van der Waals surface area contributed by atoms with E-state index in [0.29, 0.717) is 6.42 Å². The van der Waals surface area contributed by atoms with Gasteiger partial charge in [0.25, 0.3) is 0 Å². The van der Waals surface area contributed by atoms with E-state index in [-0.39, 0.29) is 29.5 Å². The van der Waals surface area contributed by atoms with Crippen molar-refractivity contribution in [1.29, 1.82) is 0 Å². The van der Waals surface area contributed by atoms with Gasteiger partial charge in [0.05, 0.1) is 23.0 Å². The first-order valence-corrected chi connectivity index (χ1v) is 8.98. The number of nitrogens with zero attached hydrogens (tertiary/aromatic N) is 2. The summed E-state index contributed by atoms with van der Waals surface area (Å²) in [6.07, 6.45) is 0.700. The van der Waals surface area contributed by atoms with Crippen molar-refractivity contribution in [2.24, 2.45) is 7.05 Å². The van der Waals surface area contributed by atoms with E-state index in [0.717, 1.165) is 28.0 Å². The molecule has 0 bridgehead atoms. The summed E-state index contributed by atoms with van der Waals surface area (Å²) in [5, 5.41) is 20.5. The average Bonchev–Trinajstić information content (AvgIpc) is 3.15. The van der Waals surface area contributed by atoms with Gasteiger partial charge in [-0.1, -0.05) is 19.1 Å². The summed E-state index contributed by atoms with van der Waals surface area (Å²) in [5.74, 6) is 1.23. The van der Waals surface area contributed by atoms with Crippen molar-refractivity contribution in [2.45, 2.75) is 38.3 Å². The van der Waals surface area contributed by atoms with Crippen molar-refractivity contribution >= 4 is 11.0 Å². The highest BCUT2D eigenvalue weighted by atomic mass is 16.3. The molecule has 0 aliphatic carbocycles. The number of imidazole rings is 1. The van der Waals surface area contributed by atoms with E-state index in [1.807, 2.05) is 38.2 Å². The highest BCUT2D eigenvalue weighted by Gasteiger charge is 2.39. The Kier molecular flexibility index (Phi) is 4.09. The summed E-state index contributed by atoms with van der Waals surface area (Å²) in [6, 6.07) is 11.4. The molecule has 3 unspecified atom stereocenters. The normalized spacial score (nSPS) is 23.0. The molecule has 6 heteroatoms. The Morgan fingerprint density at radius 3 is 2.62 bits per heavy atom. The van der Waals surface area contributed by atoms with Crippen molar-refractivity contribution in [2.75, 3.05) is 0 Å². The Balaban J connectivity index is 1.83. The molecule has 0 saturated carbocycles. The second-order valence-corrected chi connectivity index (χ2v) is 6.99. The Bertz CT molecular complexity index is 966. The predicted octanol–water partition coefficient (Wildman–Crippen LogP) is 2.87. The molecule has 26 heavy (non-hydrogen) atoms. The third-order valence-corrected chi connectivity index (χ3v) is 5.43. The summed E-state index contributed by atoms with van der Waals surface area (Å²) in [5.41, 5.74) is 10.2. The van der Waals surface area contributed by atoms with Gasteiger partial charge in [-0.05, 0) is 37.1 Å². The number of aromatic nitrogens is 2. The molecule has 1 saturated heterocycles. The maximum atomic E-state index is 10.5. The number of fused-ring (bicyclic) bond motifs is 1. The van der Waals surface area contributed by atoms with E-state index in [4.69, 9.17) is 4.98 Å². The zero-order valence-electron chi connectivity index (χ0n) is 15.2. The molecule has 1 aromatic heterocycles. The van der Waals surface area contributed by atoms with Crippen molar-refractivity contribution in [1.82, 2.24) is 20.4 Å². The third-order valence-electron chi connectivity index (χ3n) is 5.43. The first kappa shape index (κ1) is 16.9. The van der Waals surface area contributed by atoms with Crippen LogP contribution in [0.3, 0.4) is 0 Å². The van der Waals surface area contributed by atoms with Crippen LogP contribution in [0, 0.1) is 0 Å². The van der Waals surface area contributed by atoms with Gasteiger partial charge >= 0.3 is 0 Å². The molecule has 2 heterocycles. The van der Waals surface area contributed by atoms with Crippen molar-refractivity contribution < 1.29 is 10.2 Å². The minimum atomic E-state index is -0.147. The van der Waals surface area contributed by atoms with Gasteiger partial charge in [-0.3, -0.25) is 5.43 Å². The van der Waals surface area contributed by atoms with E-state index in [2.05, 4.69) is 28.4 Å². The number of phenolic OH excluding ortho intramolecular Hbond substituents is 2. The molecule has 3 aromatic rings. The van der Waals surface area contributed by atoms with Crippen LogP contribution in [0.2, 0.25) is 0 Å². The molecule has 0 spiro atoms. The molecule has 136 valence electrons. The average molecular weight is 352 g/mol. The molecular weight excluding hydrogens is 328 g/mol. The van der Waals surface area contributed by atoms with Crippen molar-refractivity contribution in [3.63, 3.8) is 0 Å². The van der Waals surface area contributed by atoms with Gasteiger partial charge in [0.2, 0.25) is 0 Å². The number of aromatic hydroxyl groups is 2. The topological polar surface area (TPSA) is 82.3 Å². The monoisotopic (exact) mass is 352 g/mol. The van der Waals surface area contributed by atoms with Crippen molar-refractivity contribution in [3.05, 3.63) is 53.3 Å². The highest BCUT2D eigenvalue weighted by Crippen LogP contribution is 2.42. The Labute approximate surface area is 152 Å². The molecule has 4 rings (SSSR count). The summed E-state index contributed by atoms with van der Waals surface area (Å²) in [4.78, 5) is 4.86. The van der Waals surface area contributed by atoms with Gasteiger partial charge in [-0.15, -0.1) is 0 Å². The van der Waals surface area contributed by atoms with Crippen molar-refractivity contribution in [3.8, 4) is 11.5 Å². The van der Waals surface area contributed by atoms with Gasteiger partial charge in [0.1, 0.15) is 17.3 Å². The molecule has 1 aliphatic heterocycles. The number of benzene rings is 2. The summed E-state index contributed by atoms with van der Waals surface area (Å²) < 4.78 is 2.12. The van der Waals surface area contributed by atoms with Crippen LogP contribution in [0.4, 0.5) is 0 Å². The number of rotatable bonds is 3. The molecule has 1 aliphatic rings. The fraction of sp³-hybridized carbons (Fsp3) is 0.350. The minimum absolute atomic E-state index is 0.0348. The maximum Gasteiger partial charge on any atom is 0.124 e. The van der Waals surface area contributed by atoms with Crippen LogP contribution in [-0.4, -0.2) is 25.8 Å². The number of phenols is 2. The first-order chi connectivity index (χ1) is 12.5. The van der Waals surface area contributed by atoms with Crippen LogP contribution in [0.25, 0.3) is 11.0 Å². The quantitative estimate of drug-likeness (QED) is 0.583. The zero-order chi connectivity index (χ0) is 18.4. The van der Waals surface area contributed by atoms with E-state index < -0.39 is 0 Å². The van der Waals surface area contributed by atoms with Crippen LogP contribution in [0.1, 0.15) is 42.8 Å². The standard InChI is InChI=1S/C20H24N4O2/c1-4-12-9-13(17(26)10-16(12)25)19-18(11(2)22-23-19)20-21-14-7-5-6-8-15(14)24(20)3/h5-11,18-19,22-23,25-26H,4H2,1-3H3. The van der Waals surface area contributed by atoms with E-state index >= 15 is 0 Å². The fourth-order valence-corrected chi connectivity index (χ4v) is 3.97. The Hall–Kier alpha value is -2.57. The molecular formula is C20H24N4O2. The Morgan fingerprint density at radius 2 is 1.88 bits per heavy atom. The molecule has 0 amide bonds. The minimum Gasteiger partial charge on any atom is -0.508 e. The Morgan fingerprint density at radius 1 is 1.12 bits per heavy atom. The maximum absolute atomic E-state index is 10.5. The lowest BCUT2D eigenvalue weighted by atomic mass is 9.88. The smallest absolute Gasteiger partial charge is 0.124 e. The second-order valence-electron chi connectivity index (χ2n) is 6.99. The van der Waals surface area contributed by atoms with E-state index in [1.165, 1.54) is 6.07 Å². The molecule has 0 radical (unpaired) electrons. The molecule has 6 nitrogen and oxygen atoms in total. The summed E-state index contributed by atoms with van der Waals surface area (Å²) >= 11 is 0. The van der Waals surface area contributed by atoms with Crippen LogP contribution in [0.15, 0.2) is 36.4 Å². The number of aryl methyl sites for hydroxylation is 2. The fourth-order valence-electron chi connectivity index (χ4n) is 3.97. The number of nitrogens with one attached hydrogen (secondary N) is 2. The van der Waals surface area contributed by atoms with Gasteiger partial charge in [-0.2, -0.15) is 0 Å². The lowest BCUT2D eigenvalue weighted by Gasteiger charge is -2.22. The third kappa shape index (κ3) is 2.53. The lowest BCUT2D eigenvalue weighted by molar-refractivity contribution is 0.426. The molecule has 4 N–H and O–H groups in total. The zero-order valence-corrected chi connectivity index (χ0v) is 15.2. The molecule has 1 fully saturated rings.